The third kappa shape index (κ3) is 5.45. The van der Waals surface area contributed by atoms with E-state index in [9.17, 15) is 9.59 Å². The monoisotopic (exact) mass is 409 g/mol. The quantitative estimate of drug-likeness (QED) is 0.586. The van der Waals surface area contributed by atoms with Crippen LogP contribution in [0.5, 0.6) is 0 Å². The fraction of sp³-hybridized carbons (Fsp3) is 0.238. The molecule has 7 nitrogen and oxygen atoms in total. The predicted molar refractivity (Wildman–Crippen MR) is 114 cm³/mol. The minimum atomic E-state index is -0.258. The summed E-state index contributed by atoms with van der Waals surface area (Å²) in [5.41, 5.74) is 4.85. The van der Waals surface area contributed by atoms with Crippen molar-refractivity contribution in [3.63, 3.8) is 0 Å². The SMILES string of the molecule is Cc1cc(C)c(NC(=O)CNC(=O)CSc2nncn2-c2ccccc2)c(C)c1. The van der Waals surface area contributed by atoms with E-state index in [4.69, 9.17) is 0 Å². The Labute approximate surface area is 173 Å². The molecule has 3 rings (SSSR count). The maximum Gasteiger partial charge on any atom is 0.243 e. The number of para-hydroxylation sites is 1. The lowest BCUT2D eigenvalue weighted by Gasteiger charge is -2.13. The van der Waals surface area contributed by atoms with Gasteiger partial charge in [0.2, 0.25) is 11.8 Å². The number of aryl methyl sites for hydroxylation is 3. The van der Waals surface area contributed by atoms with Crippen LogP contribution in [0.1, 0.15) is 16.7 Å². The first-order valence-electron chi connectivity index (χ1n) is 9.16. The largest absolute Gasteiger partial charge is 0.346 e. The Kier molecular flexibility index (Phi) is 6.66. The van der Waals surface area contributed by atoms with Gasteiger partial charge in [0.15, 0.2) is 5.16 Å². The molecule has 0 saturated carbocycles. The third-order valence-corrected chi connectivity index (χ3v) is 5.21. The average Bonchev–Trinajstić information content (AvgIpc) is 3.17. The van der Waals surface area contributed by atoms with Gasteiger partial charge in [0.25, 0.3) is 0 Å². The summed E-state index contributed by atoms with van der Waals surface area (Å²) in [7, 11) is 0. The molecule has 0 spiro atoms. The topological polar surface area (TPSA) is 88.9 Å². The molecule has 0 saturated heterocycles. The second kappa shape index (κ2) is 9.38. The number of carbonyl (C=O) groups is 2. The number of carbonyl (C=O) groups excluding carboxylic acids is 2. The molecule has 0 unspecified atom stereocenters. The van der Waals surface area contributed by atoms with E-state index in [1.54, 1.807) is 6.33 Å². The molecule has 0 aliphatic rings. The molecule has 29 heavy (non-hydrogen) atoms. The molecule has 0 bridgehead atoms. The normalized spacial score (nSPS) is 10.6. The average molecular weight is 410 g/mol. The van der Waals surface area contributed by atoms with Gasteiger partial charge in [-0.1, -0.05) is 47.7 Å². The van der Waals surface area contributed by atoms with E-state index in [1.165, 1.54) is 11.8 Å². The summed E-state index contributed by atoms with van der Waals surface area (Å²) < 4.78 is 1.81. The Morgan fingerprint density at radius 3 is 2.41 bits per heavy atom. The van der Waals surface area contributed by atoms with E-state index in [2.05, 4.69) is 20.8 Å². The van der Waals surface area contributed by atoms with Crippen LogP contribution >= 0.6 is 11.8 Å². The molecule has 3 aromatic rings. The second-order valence-electron chi connectivity index (χ2n) is 6.71. The molecule has 0 fully saturated rings. The van der Waals surface area contributed by atoms with Crippen LogP contribution in [0.15, 0.2) is 53.9 Å². The summed E-state index contributed by atoms with van der Waals surface area (Å²) in [6, 6.07) is 13.7. The Hall–Kier alpha value is -3.13. The van der Waals surface area contributed by atoms with Gasteiger partial charge < -0.3 is 10.6 Å². The van der Waals surface area contributed by atoms with Crippen molar-refractivity contribution in [2.75, 3.05) is 17.6 Å². The van der Waals surface area contributed by atoms with Crippen molar-refractivity contribution < 1.29 is 9.59 Å². The number of rotatable bonds is 7. The Balaban J connectivity index is 1.50. The molecule has 0 radical (unpaired) electrons. The number of benzene rings is 2. The van der Waals surface area contributed by atoms with Gasteiger partial charge in [-0.25, -0.2) is 0 Å². The lowest BCUT2D eigenvalue weighted by Crippen LogP contribution is -2.34. The fourth-order valence-electron chi connectivity index (χ4n) is 3.01. The van der Waals surface area contributed by atoms with E-state index in [0.29, 0.717) is 5.16 Å². The first kappa shape index (κ1) is 20.6. The van der Waals surface area contributed by atoms with Gasteiger partial charge in [0.1, 0.15) is 6.33 Å². The zero-order chi connectivity index (χ0) is 20.8. The number of thioether (sulfide) groups is 1. The van der Waals surface area contributed by atoms with Gasteiger partial charge in [-0.2, -0.15) is 0 Å². The van der Waals surface area contributed by atoms with Crippen molar-refractivity contribution in [1.82, 2.24) is 20.1 Å². The highest BCUT2D eigenvalue weighted by Crippen LogP contribution is 2.22. The van der Waals surface area contributed by atoms with Crippen LogP contribution < -0.4 is 10.6 Å². The molecule has 2 N–H and O–H groups in total. The smallest absolute Gasteiger partial charge is 0.243 e. The summed E-state index contributed by atoms with van der Waals surface area (Å²) in [6.07, 6.45) is 1.61. The number of anilines is 1. The lowest BCUT2D eigenvalue weighted by molar-refractivity contribution is -0.122. The lowest BCUT2D eigenvalue weighted by atomic mass is 10.1. The number of aromatic nitrogens is 3. The van der Waals surface area contributed by atoms with Crippen LogP contribution in [0.2, 0.25) is 0 Å². The van der Waals surface area contributed by atoms with Crippen LogP contribution in [-0.2, 0) is 9.59 Å². The third-order valence-electron chi connectivity index (χ3n) is 4.27. The first-order chi connectivity index (χ1) is 13.9. The Morgan fingerprint density at radius 2 is 1.72 bits per heavy atom. The Morgan fingerprint density at radius 1 is 1.03 bits per heavy atom. The van der Waals surface area contributed by atoms with Crippen LogP contribution in [0.3, 0.4) is 0 Å². The van der Waals surface area contributed by atoms with E-state index in [0.717, 1.165) is 28.1 Å². The van der Waals surface area contributed by atoms with Crippen molar-refractivity contribution in [2.45, 2.75) is 25.9 Å². The first-order valence-corrected chi connectivity index (χ1v) is 10.1. The molecule has 0 aliphatic heterocycles. The van der Waals surface area contributed by atoms with Crippen LogP contribution in [0.25, 0.3) is 5.69 Å². The number of nitrogens with one attached hydrogen (secondary N) is 2. The van der Waals surface area contributed by atoms with Gasteiger partial charge in [-0.15, -0.1) is 10.2 Å². The van der Waals surface area contributed by atoms with Crippen LogP contribution in [0, 0.1) is 20.8 Å². The zero-order valence-electron chi connectivity index (χ0n) is 16.6. The molecule has 150 valence electrons. The minimum absolute atomic E-state index is 0.0858. The van der Waals surface area contributed by atoms with Crippen molar-refractivity contribution in [3.8, 4) is 5.69 Å². The highest BCUT2D eigenvalue weighted by Gasteiger charge is 2.12. The molecule has 1 aromatic heterocycles. The van der Waals surface area contributed by atoms with E-state index >= 15 is 0 Å². The van der Waals surface area contributed by atoms with Gasteiger partial charge in [-0.3, -0.25) is 14.2 Å². The summed E-state index contributed by atoms with van der Waals surface area (Å²) >= 11 is 1.26. The zero-order valence-corrected chi connectivity index (χ0v) is 17.4. The second-order valence-corrected chi connectivity index (χ2v) is 7.65. The molecule has 8 heteroatoms. The standard InChI is InChI=1S/C21H23N5O2S/c1-14-9-15(2)20(16(3)10-14)24-18(27)11-22-19(28)12-29-21-25-23-13-26(21)17-7-5-4-6-8-17/h4-10,13H,11-12H2,1-3H3,(H,22,28)(H,24,27). The fourth-order valence-corrected chi connectivity index (χ4v) is 3.77. The molecule has 0 atom stereocenters. The van der Waals surface area contributed by atoms with Gasteiger partial charge in [-0.05, 0) is 44.0 Å². The molecular weight excluding hydrogens is 386 g/mol. The van der Waals surface area contributed by atoms with Crippen molar-refractivity contribution in [2.24, 2.45) is 0 Å². The van der Waals surface area contributed by atoms with Crippen molar-refractivity contribution >= 4 is 29.3 Å². The van der Waals surface area contributed by atoms with E-state index in [1.807, 2.05) is 67.8 Å². The summed E-state index contributed by atoms with van der Waals surface area (Å²) in [4.78, 5) is 24.4. The van der Waals surface area contributed by atoms with Crippen molar-refractivity contribution in [3.05, 3.63) is 65.5 Å². The van der Waals surface area contributed by atoms with Gasteiger partial charge in [0, 0.05) is 11.4 Å². The number of amides is 2. The predicted octanol–water partition coefficient (Wildman–Crippen LogP) is 3.04. The minimum Gasteiger partial charge on any atom is -0.346 e. The molecule has 1 heterocycles. The maximum atomic E-state index is 12.2. The number of hydrogen-bond acceptors (Lipinski definition) is 5. The van der Waals surface area contributed by atoms with Gasteiger partial charge >= 0.3 is 0 Å². The summed E-state index contributed by atoms with van der Waals surface area (Å²) in [5, 5.41) is 14.1. The highest BCUT2D eigenvalue weighted by atomic mass is 32.2. The molecule has 2 amide bonds. The highest BCUT2D eigenvalue weighted by molar-refractivity contribution is 7.99. The number of nitrogens with zero attached hydrogens (tertiary/aromatic N) is 3. The van der Waals surface area contributed by atoms with Crippen LogP contribution in [-0.4, -0.2) is 38.9 Å². The molecular formula is C21H23N5O2S. The summed E-state index contributed by atoms with van der Waals surface area (Å²) in [5.74, 6) is -0.363. The van der Waals surface area contributed by atoms with E-state index in [-0.39, 0.29) is 24.1 Å². The number of hydrogen-bond donors (Lipinski definition) is 2. The summed E-state index contributed by atoms with van der Waals surface area (Å²) in [6.45, 7) is 5.83. The van der Waals surface area contributed by atoms with Crippen LogP contribution in [0.4, 0.5) is 5.69 Å². The van der Waals surface area contributed by atoms with Crippen molar-refractivity contribution in [1.29, 1.82) is 0 Å². The van der Waals surface area contributed by atoms with Gasteiger partial charge in [0.05, 0.1) is 12.3 Å². The Bertz CT molecular complexity index is 994. The molecule has 0 aliphatic carbocycles. The van der Waals surface area contributed by atoms with E-state index < -0.39 is 0 Å². The maximum absolute atomic E-state index is 12.2. The molecule has 2 aromatic carbocycles.